The molecule has 1 unspecified atom stereocenters. The largest absolute Gasteiger partial charge is 0.396 e. The number of hydrogen-bond donors (Lipinski definition) is 2. The first kappa shape index (κ1) is 15.1. The minimum atomic E-state index is -0.118. The lowest BCUT2D eigenvalue weighted by Crippen LogP contribution is -2.34. The Balaban J connectivity index is 2.60. The van der Waals surface area contributed by atoms with Crippen molar-refractivity contribution in [2.75, 3.05) is 13.2 Å². The molecule has 0 aliphatic heterocycles. The normalized spacial score (nSPS) is 14.6. The molecule has 0 aliphatic carbocycles. The Morgan fingerprint density at radius 3 is 2.28 bits per heavy atom. The first-order chi connectivity index (χ1) is 8.41. The molecule has 0 saturated heterocycles. The lowest BCUT2D eigenvalue weighted by atomic mass is 9.88. The van der Waals surface area contributed by atoms with Crippen LogP contribution in [0.1, 0.15) is 37.0 Å². The van der Waals surface area contributed by atoms with Crippen LogP contribution in [0.2, 0.25) is 0 Å². The quantitative estimate of drug-likeness (QED) is 0.817. The molecule has 1 atom stereocenters. The molecule has 0 bridgehead atoms. The first-order valence-electron chi connectivity index (χ1n) is 6.49. The Morgan fingerprint density at radius 1 is 1.28 bits per heavy atom. The number of aliphatic hydroxyl groups is 1. The van der Waals surface area contributed by atoms with Crippen molar-refractivity contribution < 1.29 is 9.50 Å². The second kappa shape index (κ2) is 6.30. The lowest BCUT2D eigenvalue weighted by Gasteiger charge is -2.26. The van der Waals surface area contributed by atoms with Crippen molar-refractivity contribution >= 4 is 0 Å². The Labute approximate surface area is 109 Å². The zero-order valence-corrected chi connectivity index (χ0v) is 11.8. The zero-order valence-electron chi connectivity index (χ0n) is 11.8. The van der Waals surface area contributed by atoms with Crippen LogP contribution < -0.4 is 5.32 Å². The summed E-state index contributed by atoms with van der Waals surface area (Å²) in [6.45, 7) is 9.35. The molecule has 0 heterocycles. The second-order valence-corrected chi connectivity index (χ2v) is 5.47. The van der Waals surface area contributed by atoms with Crippen LogP contribution in [0.15, 0.2) is 12.1 Å². The fourth-order valence-corrected chi connectivity index (χ4v) is 1.94. The minimum absolute atomic E-state index is 0.0792. The molecule has 0 radical (unpaired) electrons. The van der Waals surface area contributed by atoms with Gasteiger partial charge >= 0.3 is 0 Å². The summed E-state index contributed by atoms with van der Waals surface area (Å²) in [5, 5.41) is 12.7. The fourth-order valence-electron chi connectivity index (χ4n) is 1.94. The van der Waals surface area contributed by atoms with Gasteiger partial charge in [-0.3, -0.25) is 0 Å². The summed E-state index contributed by atoms with van der Waals surface area (Å²) in [6.07, 6.45) is 0.929. The molecule has 0 amide bonds. The number of rotatable bonds is 6. The highest BCUT2D eigenvalue weighted by Crippen LogP contribution is 2.19. The Kier molecular flexibility index (Phi) is 5.29. The molecule has 2 nitrogen and oxygen atoms in total. The predicted octanol–water partition coefficient (Wildman–Crippen LogP) is 2.94. The number of hydrogen-bond acceptors (Lipinski definition) is 2. The average molecular weight is 253 g/mol. The van der Waals surface area contributed by atoms with Gasteiger partial charge in [-0.2, -0.15) is 0 Å². The molecule has 0 saturated carbocycles. The molecule has 1 aromatic rings. The molecule has 18 heavy (non-hydrogen) atoms. The van der Waals surface area contributed by atoms with Crippen LogP contribution in [0.25, 0.3) is 0 Å². The molecule has 1 rings (SSSR count). The van der Waals surface area contributed by atoms with E-state index in [1.165, 1.54) is 0 Å². The van der Waals surface area contributed by atoms with Crippen LogP contribution in [-0.4, -0.2) is 18.3 Å². The van der Waals surface area contributed by atoms with Gasteiger partial charge in [0, 0.05) is 25.1 Å². The molecule has 1 aromatic carbocycles. The zero-order chi connectivity index (χ0) is 13.8. The Bertz CT molecular complexity index is 376. The van der Waals surface area contributed by atoms with E-state index in [1.807, 2.05) is 12.1 Å². The fraction of sp³-hybridized carbons (Fsp3) is 0.600. The SMILES string of the molecule is CCC(C)(CO)CNCc1cc(C)c(F)c(C)c1. The predicted molar refractivity (Wildman–Crippen MR) is 73.1 cm³/mol. The van der Waals surface area contributed by atoms with Gasteiger partial charge in [0.05, 0.1) is 0 Å². The maximum atomic E-state index is 13.5. The number of nitrogens with one attached hydrogen (secondary N) is 1. The smallest absolute Gasteiger partial charge is 0.129 e. The van der Waals surface area contributed by atoms with Gasteiger partial charge in [0.1, 0.15) is 5.82 Å². The highest BCUT2D eigenvalue weighted by atomic mass is 19.1. The van der Waals surface area contributed by atoms with Crippen LogP contribution in [0.4, 0.5) is 4.39 Å². The van der Waals surface area contributed by atoms with E-state index >= 15 is 0 Å². The summed E-state index contributed by atoms with van der Waals surface area (Å²) in [5.41, 5.74) is 2.38. The van der Waals surface area contributed by atoms with Gasteiger partial charge in [0.25, 0.3) is 0 Å². The van der Waals surface area contributed by atoms with Gasteiger partial charge in [-0.25, -0.2) is 4.39 Å². The highest BCUT2D eigenvalue weighted by molar-refractivity contribution is 5.30. The lowest BCUT2D eigenvalue weighted by molar-refractivity contribution is 0.135. The van der Waals surface area contributed by atoms with E-state index in [-0.39, 0.29) is 17.8 Å². The van der Waals surface area contributed by atoms with Crippen LogP contribution in [-0.2, 0) is 6.54 Å². The van der Waals surface area contributed by atoms with E-state index in [9.17, 15) is 9.50 Å². The van der Waals surface area contributed by atoms with E-state index in [4.69, 9.17) is 0 Å². The summed E-state index contributed by atoms with van der Waals surface area (Å²) in [6, 6.07) is 3.75. The van der Waals surface area contributed by atoms with Gasteiger partial charge in [-0.1, -0.05) is 26.0 Å². The van der Waals surface area contributed by atoms with Crippen molar-refractivity contribution in [1.29, 1.82) is 0 Å². The number of aryl methyl sites for hydroxylation is 2. The second-order valence-electron chi connectivity index (χ2n) is 5.47. The van der Waals surface area contributed by atoms with E-state index in [1.54, 1.807) is 13.8 Å². The van der Waals surface area contributed by atoms with Gasteiger partial charge in [-0.05, 0) is 37.0 Å². The number of benzene rings is 1. The van der Waals surface area contributed by atoms with E-state index < -0.39 is 0 Å². The van der Waals surface area contributed by atoms with E-state index in [0.717, 1.165) is 18.5 Å². The summed E-state index contributed by atoms with van der Waals surface area (Å²) in [5.74, 6) is -0.118. The van der Waals surface area contributed by atoms with Gasteiger partial charge in [0.2, 0.25) is 0 Å². The first-order valence-corrected chi connectivity index (χ1v) is 6.49. The van der Waals surface area contributed by atoms with Crippen molar-refractivity contribution in [3.8, 4) is 0 Å². The van der Waals surface area contributed by atoms with Crippen molar-refractivity contribution in [3.05, 3.63) is 34.6 Å². The van der Waals surface area contributed by atoms with Crippen molar-refractivity contribution in [2.45, 2.75) is 40.7 Å². The summed E-state index contributed by atoms with van der Waals surface area (Å²) < 4.78 is 13.5. The molecule has 2 N–H and O–H groups in total. The summed E-state index contributed by atoms with van der Waals surface area (Å²) in [4.78, 5) is 0. The van der Waals surface area contributed by atoms with Crippen LogP contribution >= 0.6 is 0 Å². The number of aliphatic hydroxyl groups excluding tert-OH is 1. The molecule has 3 heteroatoms. The van der Waals surface area contributed by atoms with E-state index in [2.05, 4.69) is 19.2 Å². The topological polar surface area (TPSA) is 32.3 Å². The maximum Gasteiger partial charge on any atom is 0.129 e. The number of halogens is 1. The molecule has 0 aromatic heterocycles. The average Bonchev–Trinajstić information content (AvgIpc) is 2.35. The third kappa shape index (κ3) is 3.79. The van der Waals surface area contributed by atoms with Crippen molar-refractivity contribution in [1.82, 2.24) is 5.32 Å². The monoisotopic (exact) mass is 253 g/mol. The van der Waals surface area contributed by atoms with Gasteiger partial charge < -0.3 is 10.4 Å². The molecule has 0 fully saturated rings. The van der Waals surface area contributed by atoms with Crippen LogP contribution in [0, 0.1) is 25.1 Å². The Morgan fingerprint density at radius 2 is 1.83 bits per heavy atom. The summed E-state index contributed by atoms with van der Waals surface area (Å²) >= 11 is 0. The van der Waals surface area contributed by atoms with Gasteiger partial charge in [0.15, 0.2) is 0 Å². The molecule has 0 aliphatic rings. The highest BCUT2D eigenvalue weighted by Gasteiger charge is 2.20. The molecular formula is C15H24FNO. The summed E-state index contributed by atoms with van der Waals surface area (Å²) in [7, 11) is 0. The van der Waals surface area contributed by atoms with Gasteiger partial charge in [-0.15, -0.1) is 0 Å². The van der Waals surface area contributed by atoms with Crippen molar-refractivity contribution in [2.24, 2.45) is 5.41 Å². The standard InChI is InChI=1S/C15H24FNO/c1-5-15(4,10-18)9-17-8-13-6-11(2)14(16)12(3)7-13/h6-7,17-18H,5,8-10H2,1-4H3. The van der Waals surface area contributed by atoms with E-state index in [0.29, 0.717) is 17.7 Å². The minimum Gasteiger partial charge on any atom is -0.396 e. The van der Waals surface area contributed by atoms with Crippen LogP contribution in [0.5, 0.6) is 0 Å². The third-order valence-electron chi connectivity index (χ3n) is 3.61. The molecule has 102 valence electrons. The van der Waals surface area contributed by atoms with Crippen molar-refractivity contribution in [3.63, 3.8) is 0 Å². The molecular weight excluding hydrogens is 229 g/mol. The maximum absolute atomic E-state index is 13.5. The molecule has 0 spiro atoms. The van der Waals surface area contributed by atoms with Crippen LogP contribution in [0.3, 0.4) is 0 Å². The Hall–Kier alpha value is -0.930. The third-order valence-corrected chi connectivity index (χ3v) is 3.61.